The van der Waals surface area contributed by atoms with Crippen molar-refractivity contribution in [1.29, 1.82) is 0 Å². The Labute approximate surface area is 161 Å². The van der Waals surface area contributed by atoms with E-state index in [1.165, 1.54) is 0 Å². The fourth-order valence-corrected chi connectivity index (χ4v) is 2.98. The zero-order chi connectivity index (χ0) is 19.1. The molecule has 9 nitrogen and oxygen atoms in total. The van der Waals surface area contributed by atoms with Gasteiger partial charge in [-0.05, 0) is 12.1 Å². The SMILES string of the molecule is CN=C(NCCc1noc(-c2ccccn2)n1)NCc1csc(N(C)C)n1. The molecule has 27 heavy (non-hydrogen) atoms. The van der Waals surface area contributed by atoms with Gasteiger partial charge in [-0.25, -0.2) is 4.98 Å². The molecule has 3 aromatic rings. The van der Waals surface area contributed by atoms with Crippen molar-refractivity contribution in [3.05, 3.63) is 41.3 Å². The van der Waals surface area contributed by atoms with E-state index in [0.29, 0.717) is 42.9 Å². The van der Waals surface area contributed by atoms with E-state index in [1.807, 2.05) is 42.6 Å². The normalized spacial score (nSPS) is 11.4. The molecule has 0 aliphatic rings. The first-order valence-electron chi connectivity index (χ1n) is 8.46. The maximum atomic E-state index is 5.25. The Morgan fingerprint density at radius 2 is 2.15 bits per heavy atom. The van der Waals surface area contributed by atoms with Gasteiger partial charge in [0.05, 0.1) is 12.2 Å². The van der Waals surface area contributed by atoms with E-state index >= 15 is 0 Å². The quantitative estimate of drug-likeness (QED) is 0.466. The number of hydrogen-bond acceptors (Lipinski definition) is 8. The molecule has 0 aliphatic carbocycles. The molecule has 3 aromatic heterocycles. The summed E-state index contributed by atoms with van der Waals surface area (Å²) in [7, 11) is 5.69. The Bertz CT molecular complexity index is 874. The number of anilines is 1. The van der Waals surface area contributed by atoms with Gasteiger partial charge in [-0.15, -0.1) is 11.3 Å². The van der Waals surface area contributed by atoms with Crippen molar-refractivity contribution < 1.29 is 4.52 Å². The minimum Gasteiger partial charge on any atom is -0.356 e. The van der Waals surface area contributed by atoms with E-state index in [2.05, 4.69) is 35.7 Å². The highest BCUT2D eigenvalue weighted by atomic mass is 32.1. The second-order valence-corrected chi connectivity index (χ2v) is 6.69. The second kappa shape index (κ2) is 9.08. The maximum absolute atomic E-state index is 5.25. The van der Waals surface area contributed by atoms with Crippen LogP contribution in [0, 0.1) is 0 Å². The molecular formula is C17H22N8OS. The number of rotatable bonds is 7. The van der Waals surface area contributed by atoms with Crippen molar-refractivity contribution in [3.63, 3.8) is 0 Å². The van der Waals surface area contributed by atoms with Gasteiger partial charge in [-0.2, -0.15) is 4.98 Å². The summed E-state index contributed by atoms with van der Waals surface area (Å²) >= 11 is 1.61. The molecule has 3 heterocycles. The van der Waals surface area contributed by atoms with E-state index in [4.69, 9.17) is 4.52 Å². The molecule has 0 saturated carbocycles. The smallest absolute Gasteiger partial charge is 0.276 e. The average molecular weight is 386 g/mol. The monoisotopic (exact) mass is 386 g/mol. The van der Waals surface area contributed by atoms with Gasteiger partial charge in [0.2, 0.25) is 0 Å². The Morgan fingerprint density at radius 3 is 2.85 bits per heavy atom. The second-order valence-electron chi connectivity index (χ2n) is 5.85. The molecule has 0 amide bonds. The molecule has 2 N–H and O–H groups in total. The van der Waals surface area contributed by atoms with E-state index in [0.717, 1.165) is 10.8 Å². The first-order chi connectivity index (χ1) is 13.2. The third-order valence-electron chi connectivity index (χ3n) is 3.58. The topological polar surface area (TPSA) is 104 Å². The summed E-state index contributed by atoms with van der Waals surface area (Å²) in [6.45, 7) is 1.23. The van der Waals surface area contributed by atoms with Crippen LogP contribution in [0.5, 0.6) is 0 Å². The summed E-state index contributed by atoms with van der Waals surface area (Å²) in [4.78, 5) is 19.3. The molecule has 0 unspecified atom stereocenters. The number of pyridine rings is 1. The van der Waals surface area contributed by atoms with E-state index in [1.54, 1.807) is 24.6 Å². The maximum Gasteiger partial charge on any atom is 0.276 e. The van der Waals surface area contributed by atoms with Crippen molar-refractivity contribution in [2.24, 2.45) is 4.99 Å². The Balaban J connectivity index is 1.45. The van der Waals surface area contributed by atoms with Crippen LogP contribution in [0.25, 0.3) is 11.6 Å². The lowest BCUT2D eigenvalue weighted by molar-refractivity contribution is 0.421. The van der Waals surface area contributed by atoms with Crippen molar-refractivity contribution >= 4 is 22.4 Å². The van der Waals surface area contributed by atoms with E-state index < -0.39 is 0 Å². The van der Waals surface area contributed by atoms with Gasteiger partial charge in [0, 0.05) is 45.7 Å². The molecule has 0 saturated heterocycles. The van der Waals surface area contributed by atoms with Gasteiger partial charge < -0.3 is 20.1 Å². The summed E-state index contributed by atoms with van der Waals surface area (Å²) in [5, 5.41) is 13.5. The Morgan fingerprint density at radius 1 is 1.26 bits per heavy atom. The third-order valence-corrected chi connectivity index (χ3v) is 4.63. The van der Waals surface area contributed by atoms with Gasteiger partial charge in [-0.1, -0.05) is 11.2 Å². The molecule has 3 rings (SSSR count). The molecular weight excluding hydrogens is 364 g/mol. The van der Waals surface area contributed by atoms with Crippen LogP contribution in [-0.4, -0.2) is 53.8 Å². The molecule has 142 valence electrons. The zero-order valence-electron chi connectivity index (χ0n) is 15.5. The summed E-state index contributed by atoms with van der Waals surface area (Å²) in [6.07, 6.45) is 2.30. The fourth-order valence-electron chi connectivity index (χ4n) is 2.22. The first-order valence-corrected chi connectivity index (χ1v) is 9.34. The largest absolute Gasteiger partial charge is 0.356 e. The van der Waals surface area contributed by atoms with Crippen molar-refractivity contribution in [3.8, 4) is 11.6 Å². The summed E-state index contributed by atoms with van der Waals surface area (Å²) in [6, 6.07) is 5.56. The number of guanidine groups is 1. The van der Waals surface area contributed by atoms with Crippen LogP contribution >= 0.6 is 11.3 Å². The Kier molecular flexibility index (Phi) is 6.31. The minimum absolute atomic E-state index is 0.424. The number of nitrogens with zero attached hydrogens (tertiary/aromatic N) is 6. The zero-order valence-corrected chi connectivity index (χ0v) is 16.3. The number of hydrogen-bond donors (Lipinski definition) is 2. The summed E-state index contributed by atoms with van der Waals surface area (Å²) in [5.74, 6) is 1.74. The number of aliphatic imine (C=N–C) groups is 1. The molecule has 0 aliphatic heterocycles. The highest BCUT2D eigenvalue weighted by molar-refractivity contribution is 7.13. The highest BCUT2D eigenvalue weighted by Gasteiger charge is 2.10. The average Bonchev–Trinajstić information content (AvgIpc) is 3.35. The minimum atomic E-state index is 0.424. The number of aromatic nitrogens is 4. The van der Waals surface area contributed by atoms with Gasteiger partial charge >= 0.3 is 0 Å². The van der Waals surface area contributed by atoms with Crippen molar-refractivity contribution in [2.45, 2.75) is 13.0 Å². The van der Waals surface area contributed by atoms with Gasteiger partial charge in [-0.3, -0.25) is 9.98 Å². The number of thiazole rings is 1. The molecule has 0 bridgehead atoms. The third kappa shape index (κ3) is 5.23. The lowest BCUT2D eigenvalue weighted by Crippen LogP contribution is -2.38. The van der Waals surface area contributed by atoms with Crippen LogP contribution in [0.4, 0.5) is 5.13 Å². The molecule has 0 spiro atoms. The van der Waals surface area contributed by atoms with Crippen LogP contribution in [0.2, 0.25) is 0 Å². The van der Waals surface area contributed by atoms with Crippen molar-refractivity contribution in [1.82, 2.24) is 30.7 Å². The number of nitrogens with one attached hydrogen (secondary N) is 2. The first kappa shape index (κ1) is 18.8. The lowest BCUT2D eigenvalue weighted by atomic mass is 10.3. The van der Waals surface area contributed by atoms with Gasteiger partial charge in [0.25, 0.3) is 5.89 Å². The molecule has 0 fully saturated rings. The summed E-state index contributed by atoms with van der Waals surface area (Å²) < 4.78 is 5.25. The summed E-state index contributed by atoms with van der Waals surface area (Å²) in [5.41, 5.74) is 1.65. The van der Waals surface area contributed by atoms with E-state index in [-0.39, 0.29) is 0 Å². The molecule has 0 aromatic carbocycles. The lowest BCUT2D eigenvalue weighted by Gasteiger charge is -2.10. The van der Waals surface area contributed by atoms with Crippen LogP contribution in [0.1, 0.15) is 11.5 Å². The predicted molar refractivity (Wildman–Crippen MR) is 106 cm³/mol. The van der Waals surface area contributed by atoms with Crippen LogP contribution in [-0.2, 0) is 13.0 Å². The van der Waals surface area contributed by atoms with Crippen LogP contribution < -0.4 is 15.5 Å². The van der Waals surface area contributed by atoms with Gasteiger partial charge in [0.15, 0.2) is 16.9 Å². The highest BCUT2D eigenvalue weighted by Crippen LogP contribution is 2.17. The fraction of sp³-hybridized carbons (Fsp3) is 0.353. The predicted octanol–water partition coefficient (Wildman–Crippen LogP) is 1.56. The van der Waals surface area contributed by atoms with Gasteiger partial charge in [0.1, 0.15) is 5.69 Å². The molecule has 10 heteroatoms. The van der Waals surface area contributed by atoms with Crippen LogP contribution in [0.15, 0.2) is 39.3 Å². The van der Waals surface area contributed by atoms with Crippen LogP contribution in [0.3, 0.4) is 0 Å². The molecule has 0 radical (unpaired) electrons. The molecule has 0 atom stereocenters. The Hall–Kier alpha value is -3.01. The standard InChI is InChI=1S/C17H22N8OS/c1-18-16(21-10-12-11-27-17(22-12)25(2)3)20-9-7-14-23-15(26-24-14)13-6-4-5-8-19-13/h4-6,8,11H,7,9-10H2,1-3H3,(H2,18,20,21). The van der Waals surface area contributed by atoms with Crippen molar-refractivity contribution in [2.75, 3.05) is 32.6 Å². The van der Waals surface area contributed by atoms with E-state index in [9.17, 15) is 0 Å².